The number of hydrogen-bond donors (Lipinski definition) is 2. The minimum Gasteiger partial charge on any atom is -0.480 e. The number of aromatic nitrogens is 1. The van der Waals surface area contributed by atoms with Crippen LogP contribution in [0.15, 0.2) is 54.7 Å². The number of carbonyl (C=O) groups is 2. The van der Waals surface area contributed by atoms with E-state index in [0.717, 1.165) is 45.4 Å². The van der Waals surface area contributed by atoms with Crippen LogP contribution in [0.4, 0.5) is 9.93 Å². The molecule has 3 aromatic rings. The zero-order valence-electron chi connectivity index (χ0n) is 18.5. The molecule has 176 valence electrons. The molecule has 1 aliphatic carbocycles. The van der Waals surface area contributed by atoms with E-state index < -0.39 is 18.1 Å². The second-order valence-electron chi connectivity index (χ2n) is 8.27. The summed E-state index contributed by atoms with van der Waals surface area (Å²) in [5.74, 6) is -1.20. The first-order chi connectivity index (χ1) is 16.6. The minimum atomic E-state index is -1.12. The van der Waals surface area contributed by atoms with E-state index in [1.165, 1.54) is 11.3 Å². The Kier molecular flexibility index (Phi) is 6.46. The zero-order chi connectivity index (χ0) is 23.5. The Balaban J connectivity index is 1.21. The van der Waals surface area contributed by atoms with Crippen LogP contribution in [0.1, 0.15) is 21.9 Å². The second kappa shape index (κ2) is 9.82. The first-order valence-electron chi connectivity index (χ1n) is 11.2. The number of carboxylic acid groups (broad SMARTS) is 1. The molecule has 1 amide bonds. The van der Waals surface area contributed by atoms with Crippen molar-refractivity contribution in [2.24, 2.45) is 0 Å². The monoisotopic (exact) mass is 479 g/mol. The first kappa shape index (κ1) is 22.4. The number of anilines is 1. The molecule has 1 unspecified atom stereocenters. The molecule has 1 fully saturated rings. The highest BCUT2D eigenvalue weighted by Crippen LogP contribution is 2.44. The lowest BCUT2D eigenvalue weighted by atomic mass is 9.98. The molecule has 5 rings (SSSR count). The van der Waals surface area contributed by atoms with Gasteiger partial charge in [-0.3, -0.25) is 0 Å². The lowest BCUT2D eigenvalue weighted by Crippen LogP contribution is -2.42. The number of fused-ring (bicyclic) bond motifs is 3. The van der Waals surface area contributed by atoms with E-state index in [9.17, 15) is 14.7 Å². The van der Waals surface area contributed by atoms with E-state index in [2.05, 4.69) is 27.3 Å². The van der Waals surface area contributed by atoms with Crippen molar-refractivity contribution < 1.29 is 24.2 Å². The quantitative estimate of drug-likeness (QED) is 0.535. The molecule has 1 aliphatic heterocycles. The summed E-state index contributed by atoms with van der Waals surface area (Å²) in [5, 5.41) is 13.0. The highest BCUT2D eigenvalue weighted by molar-refractivity contribution is 7.15. The van der Waals surface area contributed by atoms with E-state index in [0.29, 0.717) is 13.2 Å². The number of aliphatic carboxylic acids is 1. The van der Waals surface area contributed by atoms with Crippen molar-refractivity contribution in [1.29, 1.82) is 0 Å². The number of carbonyl (C=O) groups excluding carboxylic acids is 1. The van der Waals surface area contributed by atoms with Gasteiger partial charge in [-0.05, 0) is 22.3 Å². The van der Waals surface area contributed by atoms with Gasteiger partial charge in [-0.2, -0.15) is 0 Å². The van der Waals surface area contributed by atoms with Crippen molar-refractivity contribution in [3.8, 4) is 11.1 Å². The molecule has 9 heteroatoms. The van der Waals surface area contributed by atoms with Gasteiger partial charge in [-0.1, -0.05) is 48.5 Å². The summed E-state index contributed by atoms with van der Waals surface area (Å²) >= 11 is 1.43. The normalized spacial score (nSPS) is 15.9. The summed E-state index contributed by atoms with van der Waals surface area (Å²) in [5.41, 5.74) is 4.48. The van der Waals surface area contributed by atoms with Gasteiger partial charge in [0.2, 0.25) is 0 Å². The summed E-state index contributed by atoms with van der Waals surface area (Å²) in [4.78, 5) is 31.7. The number of nitrogens with one attached hydrogen (secondary N) is 1. The Labute approximate surface area is 201 Å². The second-order valence-corrected chi connectivity index (χ2v) is 9.37. The number of nitrogens with zero attached hydrogens (tertiary/aromatic N) is 2. The zero-order valence-corrected chi connectivity index (χ0v) is 19.3. The molecule has 8 nitrogen and oxygen atoms in total. The Morgan fingerprint density at radius 3 is 2.41 bits per heavy atom. The molecule has 1 atom stereocenters. The van der Waals surface area contributed by atoms with Gasteiger partial charge in [0.15, 0.2) is 5.13 Å². The van der Waals surface area contributed by atoms with Crippen LogP contribution in [0.25, 0.3) is 11.1 Å². The summed E-state index contributed by atoms with van der Waals surface area (Å²) < 4.78 is 10.9. The number of carboxylic acids is 1. The van der Waals surface area contributed by atoms with Crippen molar-refractivity contribution in [1.82, 2.24) is 10.3 Å². The van der Waals surface area contributed by atoms with E-state index in [1.54, 1.807) is 6.20 Å². The van der Waals surface area contributed by atoms with E-state index >= 15 is 0 Å². The molecular formula is C25H25N3O5S. The number of thiazole rings is 1. The lowest BCUT2D eigenvalue weighted by molar-refractivity contribution is -0.139. The van der Waals surface area contributed by atoms with Gasteiger partial charge in [-0.25, -0.2) is 14.6 Å². The fourth-order valence-corrected chi connectivity index (χ4v) is 5.48. The van der Waals surface area contributed by atoms with Gasteiger partial charge in [0.25, 0.3) is 0 Å². The lowest BCUT2D eigenvalue weighted by Gasteiger charge is -2.26. The summed E-state index contributed by atoms with van der Waals surface area (Å²) in [7, 11) is 0. The third-order valence-corrected chi connectivity index (χ3v) is 7.24. The summed E-state index contributed by atoms with van der Waals surface area (Å²) in [6.07, 6.45) is 1.07. The summed E-state index contributed by atoms with van der Waals surface area (Å²) in [6, 6.07) is 15.0. The highest BCUT2D eigenvalue weighted by Gasteiger charge is 2.30. The van der Waals surface area contributed by atoms with Crippen LogP contribution >= 0.6 is 11.3 Å². The fourth-order valence-electron chi connectivity index (χ4n) is 4.48. The number of rotatable bonds is 7. The SMILES string of the molecule is O=C(NC(Cc1cnc(N2CCOCC2)s1)C(=O)O)OCC1c2ccccc2-c2ccccc21. The molecule has 1 saturated heterocycles. The van der Waals surface area contributed by atoms with Crippen molar-refractivity contribution in [3.63, 3.8) is 0 Å². The maximum atomic E-state index is 12.6. The van der Waals surface area contributed by atoms with Crippen molar-refractivity contribution in [2.45, 2.75) is 18.4 Å². The van der Waals surface area contributed by atoms with E-state index in [4.69, 9.17) is 9.47 Å². The predicted molar refractivity (Wildman–Crippen MR) is 128 cm³/mol. The maximum absolute atomic E-state index is 12.6. The Morgan fingerprint density at radius 1 is 1.12 bits per heavy atom. The molecule has 0 saturated carbocycles. The number of benzene rings is 2. The Bertz CT molecular complexity index is 1150. The van der Waals surface area contributed by atoms with E-state index in [1.807, 2.05) is 36.4 Å². The standard InChI is InChI=1S/C25H25N3O5S/c29-23(30)22(13-16-14-26-24(34-16)28-9-11-32-12-10-28)27-25(31)33-15-21-19-7-3-1-5-17(19)18-6-2-4-8-20(18)21/h1-8,14,21-22H,9-13,15H2,(H,27,31)(H,29,30). The largest absolute Gasteiger partial charge is 0.480 e. The number of ether oxygens (including phenoxy) is 2. The van der Waals surface area contributed by atoms with E-state index in [-0.39, 0.29) is 18.9 Å². The molecule has 2 aromatic carbocycles. The molecule has 2 heterocycles. The van der Waals surface area contributed by atoms with Gasteiger partial charge >= 0.3 is 12.1 Å². The summed E-state index contributed by atoms with van der Waals surface area (Å²) in [6.45, 7) is 2.95. The Morgan fingerprint density at radius 2 is 1.76 bits per heavy atom. The van der Waals surface area contributed by atoms with Crippen LogP contribution in [0, 0.1) is 0 Å². The topological polar surface area (TPSA) is 101 Å². The molecular weight excluding hydrogens is 454 g/mol. The van der Waals surface area contributed by atoms with Crippen LogP contribution < -0.4 is 10.2 Å². The van der Waals surface area contributed by atoms with Gasteiger partial charge in [0.05, 0.1) is 13.2 Å². The van der Waals surface area contributed by atoms with Gasteiger partial charge < -0.3 is 24.8 Å². The number of amides is 1. The van der Waals surface area contributed by atoms with Crippen molar-refractivity contribution in [3.05, 3.63) is 70.7 Å². The molecule has 0 spiro atoms. The highest BCUT2D eigenvalue weighted by atomic mass is 32.1. The van der Waals surface area contributed by atoms with Crippen molar-refractivity contribution in [2.75, 3.05) is 37.8 Å². The van der Waals surface area contributed by atoms with Gasteiger partial charge in [-0.15, -0.1) is 11.3 Å². The van der Waals surface area contributed by atoms with Crippen LogP contribution in [-0.2, 0) is 20.7 Å². The molecule has 1 aromatic heterocycles. The number of morpholine rings is 1. The first-order valence-corrected chi connectivity index (χ1v) is 12.0. The third kappa shape index (κ3) is 4.62. The predicted octanol–water partition coefficient (Wildman–Crippen LogP) is 3.51. The maximum Gasteiger partial charge on any atom is 0.407 e. The Hall–Kier alpha value is -3.43. The molecule has 0 bridgehead atoms. The van der Waals surface area contributed by atoms with Crippen LogP contribution in [0.2, 0.25) is 0 Å². The smallest absolute Gasteiger partial charge is 0.407 e. The number of hydrogen-bond acceptors (Lipinski definition) is 7. The fraction of sp³-hybridized carbons (Fsp3) is 0.320. The minimum absolute atomic E-state index is 0.0843. The molecule has 34 heavy (non-hydrogen) atoms. The number of alkyl carbamates (subject to hydrolysis) is 1. The molecule has 0 radical (unpaired) electrons. The van der Waals surface area contributed by atoms with Gasteiger partial charge in [0.1, 0.15) is 12.6 Å². The molecule has 2 N–H and O–H groups in total. The van der Waals surface area contributed by atoms with Crippen LogP contribution in [-0.4, -0.2) is 61.1 Å². The average Bonchev–Trinajstić information content (AvgIpc) is 3.46. The van der Waals surface area contributed by atoms with Crippen LogP contribution in [0.3, 0.4) is 0 Å². The molecule has 2 aliphatic rings. The van der Waals surface area contributed by atoms with Gasteiger partial charge in [0, 0.05) is 36.5 Å². The third-order valence-electron chi connectivity index (χ3n) is 6.16. The average molecular weight is 480 g/mol. The van der Waals surface area contributed by atoms with Crippen molar-refractivity contribution >= 4 is 28.5 Å². The van der Waals surface area contributed by atoms with Crippen LogP contribution in [0.5, 0.6) is 0 Å².